The Morgan fingerprint density at radius 3 is 2.48 bits per heavy atom. The Labute approximate surface area is 170 Å². The predicted molar refractivity (Wildman–Crippen MR) is 107 cm³/mol. The van der Waals surface area contributed by atoms with Crippen molar-refractivity contribution in [3.05, 3.63) is 76.5 Å². The second-order valence-electron chi connectivity index (χ2n) is 6.92. The minimum Gasteiger partial charge on any atom is -0.310 e. The molecule has 2 heterocycles. The summed E-state index contributed by atoms with van der Waals surface area (Å²) in [5, 5.41) is 6.72. The molecule has 1 aromatic heterocycles. The van der Waals surface area contributed by atoms with Crippen LogP contribution in [0.15, 0.2) is 48.5 Å². The number of anilines is 1. The molecule has 1 amide bonds. The van der Waals surface area contributed by atoms with E-state index in [-0.39, 0.29) is 17.2 Å². The van der Waals surface area contributed by atoms with Crippen molar-refractivity contribution in [2.24, 2.45) is 0 Å². The van der Waals surface area contributed by atoms with Crippen molar-refractivity contribution >= 4 is 23.5 Å². The molecule has 0 unspecified atom stereocenters. The highest BCUT2D eigenvalue weighted by Gasteiger charge is 2.38. The number of alkyl halides is 3. The number of hydrogen-bond donors (Lipinski definition) is 1. The van der Waals surface area contributed by atoms with E-state index in [9.17, 15) is 18.0 Å². The molecule has 29 heavy (non-hydrogen) atoms. The molecular formula is C21H18F3N3OS. The minimum absolute atomic E-state index is 0.0544. The van der Waals surface area contributed by atoms with E-state index >= 15 is 0 Å². The predicted octanol–water partition coefficient (Wildman–Crippen LogP) is 5.28. The standard InChI is InChI=1S/C21H18F3N3OS/c1-12-7-9-14(10-8-12)27-20-18(13(2)26-27)19(29-11-17(28)25-20)15-5-3-4-6-16(15)21(22,23)24/h3-10,19H,11H2,1-2H3,(H,25,28)/t19-/m1/s1. The molecule has 0 fully saturated rings. The molecule has 150 valence electrons. The van der Waals surface area contributed by atoms with E-state index in [0.29, 0.717) is 17.1 Å². The van der Waals surface area contributed by atoms with Gasteiger partial charge in [-0.25, -0.2) is 4.68 Å². The van der Waals surface area contributed by atoms with Gasteiger partial charge in [0, 0.05) is 5.56 Å². The van der Waals surface area contributed by atoms with Crippen molar-refractivity contribution in [2.45, 2.75) is 25.3 Å². The summed E-state index contributed by atoms with van der Waals surface area (Å²) in [5.41, 5.74) is 2.42. The van der Waals surface area contributed by atoms with Crippen molar-refractivity contribution in [3.63, 3.8) is 0 Å². The number of amides is 1. The fraction of sp³-hybridized carbons (Fsp3) is 0.238. The van der Waals surface area contributed by atoms with Gasteiger partial charge in [-0.2, -0.15) is 18.3 Å². The molecule has 3 aromatic rings. The average Bonchev–Trinajstić information content (AvgIpc) is 2.88. The first-order valence-corrected chi connectivity index (χ1v) is 10.0. The molecule has 0 saturated heterocycles. The number of carbonyl (C=O) groups is 1. The van der Waals surface area contributed by atoms with Gasteiger partial charge >= 0.3 is 6.18 Å². The van der Waals surface area contributed by atoms with E-state index in [1.807, 2.05) is 31.2 Å². The third-order valence-corrected chi connectivity index (χ3v) is 6.09. The van der Waals surface area contributed by atoms with Crippen molar-refractivity contribution in [3.8, 4) is 5.69 Å². The number of thioether (sulfide) groups is 1. The van der Waals surface area contributed by atoms with Gasteiger partial charge in [0.05, 0.1) is 27.9 Å². The van der Waals surface area contributed by atoms with Crippen LogP contribution in [0.2, 0.25) is 0 Å². The molecule has 4 rings (SSSR count). The van der Waals surface area contributed by atoms with Gasteiger partial charge in [0.25, 0.3) is 0 Å². The first kappa shape index (κ1) is 19.6. The number of nitrogens with zero attached hydrogens (tertiary/aromatic N) is 2. The number of hydrogen-bond acceptors (Lipinski definition) is 3. The lowest BCUT2D eigenvalue weighted by Gasteiger charge is -2.20. The van der Waals surface area contributed by atoms with Crippen molar-refractivity contribution in [2.75, 3.05) is 11.1 Å². The zero-order valence-electron chi connectivity index (χ0n) is 15.7. The molecule has 1 atom stereocenters. The molecule has 0 saturated carbocycles. The third kappa shape index (κ3) is 3.64. The lowest BCUT2D eigenvalue weighted by molar-refractivity contribution is -0.138. The number of fused-ring (bicyclic) bond motifs is 1. The number of carbonyl (C=O) groups excluding carboxylic acids is 1. The lowest BCUT2D eigenvalue weighted by Crippen LogP contribution is -2.15. The summed E-state index contributed by atoms with van der Waals surface area (Å²) in [6.45, 7) is 3.71. The van der Waals surface area contributed by atoms with E-state index in [1.165, 1.54) is 23.9 Å². The van der Waals surface area contributed by atoms with Crippen molar-refractivity contribution < 1.29 is 18.0 Å². The normalized spacial score (nSPS) is 16.9. The van der Waals surface area contributed by atoms with Crippen LogP contribution >= 0.6 is 11.8 Å². The third-order valence-electron chi connectivity index (χ3n) is 4.84. The largest absolute Gasteiger partial charge is 0.416 e. The van der Waals surface area contributed by atoms with Crippen LogP contribution in [0.25, 0.3) is 5.69 Å². The molecular weight excluding hydrogens is 399 g/mol. The highest BCUT2D eigenvalue weighted by molar-refractivity contribution is 8.00. The second kappa shape index (κ2) is 7.26. The van der Waals surface area contributed by atoms with Crippen molar-refractivity contribution in [1.82, 2.24) is 9.78 Å². The summed E-state index contributed by atoms with van der Waals surface area (Å²) in [6, 6.07) is 13.1. The molecule has 8 heteroatoms. The molecule has 1 aliphatic heterocycles. The number of aryl methyl sites for hydroxylation is 2. The lowest BCUT2D eigenvalue weighted by atomic mass is 9.98. The maximum absolute atomic E-state index is 13.7. The molecule has 0 radical (unpaired) electrons. The van der Waals surface area contributed by atoms with E-state index < -0.39 is 17.0 Å². The molecule has 1 aliphatic rings. The Bertz CT molecular complexity index is 1070. The van der Waals surface area contributed by atoms with Crippen molar-refractivity contribution in [1.29, 1.82) is 0 Å². The average molecular weight is 417 g/mol. The molecule has 1 N–H and O–H groups in total. The van der Waals surface area contributed by atoms with Gasteiger partial charge in [-0.05, 0) is 37.6 Å². The van der Waals surface area contributed by atoms with Crippen LogP contribution in [-0.4, -0.2) is 21.4 Å². The Morgan fingerprint density at radius 1 is 1.10 bits per heavy atom. The molecule has 0 bridgehead atoms. The van der Waals surface area contributed by atoms with Gasteiger partial charge in [-0.1, -0.05) is 35.9 Å². The Morgan fingerprint density at radius 2 is 1.79 bits per heavy atom. The SMILES string of the molecule is Cc1ccc(-n2nc(C)c3c2NC(=O)CS[C@@H]3c2ccccc2C(F)(F)F)cc1. The number of nitrogens with one attached hydrogen (secondary N) is 1. The topological polar surface area (TPSA) is 46.9 Å². The number of halogens is 3. The van der Waals surface area contributed by atoms with Gasteiger partial charge in [0.15, 0.2) is 0 Å². The van der Waals surface area contributed by atoms with E-state index in [4.69, 9.17) is 0 Å². The van der Waals surface area contributed by atoms with E-state index in [1.54, 1.807) is 17.7 Å². The summed E-state index contributed by atoms with van der Waals surface area (Å²) in [5.74, 6) is 0.207. The summed E-state index contributed by atoms with van der Waals surface area (Å²) in [7, 11) is 0. The van der Waals surface area contributed by atoms with Crippen LogP contribution in [-0.2, 0) is 11.0 Å². The van der Waals surface area contributed by atoms with Crippen LogP contribution in [0, 0.1) is 13.8 Å². The van der Waals surface area contributed by atoms with Gasteiger partial charge in [-0.15, -0.1) is 11.8 Å². The summed E-state index contributed by atoms with van der Waals surface area (Å²) < 4.78 is 42.6. The number of rotatable bonds is 2. The Balaban J connectivity index is 1.92. The zero-order chi connectivity index (χ0) is 20.8. The molecule has 0 spiro atoms. The maximum atomic E-state index is 13.7. The molecule has 0 aliphatic carbocycles. The Hall–Kier alpha value is -2.74. The zero-order valence-corrected chi connectivity index (χ0v) is 16.6. The Kier molecular flexibility index (Phi) is 4.90. The van der Waals surface area contributed by atoms with Crippen LogP contribution in [0.4, 0.5) is 19.0 Å². The van der Waals surface area contributed by atoms with Crippen LogP contribution in [0.3, 0.4) is 0 Å². The molecule has 2 aromatic carbocycles. The van der Waals surface area contributed by atoms with E-state index in [0.717, 1.165) is 17.3 Å². The summed E-state index contributed by atoms with van der Waals surface area (Å²) >= 11 is 1.18. The second-order valence-corrected chi connectivity index (χ2v) is 8.01. The van der Waals surface area contributed by atoms with Crippen LogP contribution < -0.4 is 5.32 Å². The van der Waals surface area contributed by atoms with Gasteiger partial charge in [0.1, 0.15) is 5.82 Å². The smallest absolute Gasteiger partial charge is 0.310 e. The van der Waals surface area contributed by atoms with Gasteiger partial charge < -0.3 is 5.32 Å². The summed E-state index contributed by atoms with van der Waals surface area (Å²) in [6.07, 6.45) is -4.48. The minimum atomic E-state index is -4.48. The monoisotopic (exact) mass is 417 g/mol. The number of benzene rings is 2. The quantitative estimate of drug-likeness (QED) is 0.617. The summed E-state index contributed by atoms with van der Waals surface area (Å²) in [4.78, 5) is 12.4. The highest BCUT2D eigenvalue weighted by Crippen LogP contribution is 2.47. The van der Waals surface area contributed by atoms with Gasteiger partial charge in [0.2, 0.25) is 5.91 Å². The number of aromatic nitrogens is 2. The fourth-order valence-corrected chi connectivity index (χ4v) is 4.71. The van der Waals surface area contributed by atoms with E-state index in [2.05, 4.69) is 10.4 Å². The highest BCUT2D eigenvalue weighted by atomic mass is 32.2. The van der Waals surface area contributed by atoms with Crippen LogP contribution in [0.5, 0.6) is 0 Å². The fourth-order valence-electron chi connectivity index (χ4n) is 3.49. The molecule has 4 nitrogen and oxygen atoms in total. The van der Waals surface area contributed by atoms with Gasteiger partial charge in [-0.3, -0.25) is 4.79 Å². The first-order valence-electron chi connectivity index (χ1n) is 9.00. The first-order chi connectivity index (χ1) is 13.8. The maximum Gasteiger partial charge on any atom is 0.416 e. The van der Waals surface area contributed by atoms with Crippen LogP contribution in [0.1, 0.15) is 33.2 Å².